The van der Waals surface area contributed by atoms with E-state index in [1.165, 1.54) is 0 Å². The van der Waals surface area contributed by atoms with Gasteiger partial charge in [-0.3, -0.25) is 4.79 Å². The fourth-order valence-electron chi connectivity index (χ4n) is 3.56. The number of phenols is 1. The Hall–Kier alpha value is -3.22. The molecule has 2 aromatic carbocycles. The molecule has 31 heavy (non-hydrogen) atoms. The Balaban J connectivity index is 1.67. The molecule has 0 bridgehead atoms. The topological polar surface area (TPSA) is 82.1 Å². The fraction of sp³-hybridized carbons (Fsp3) is 0.417. The molecule has 1 heterocycles. The summed E-state index contributed by atoms with van der Waals surface area (Å²) >= 11 is 0. The van der Waals surface area contributed by atoms with Crippen LogP contribution >= 0.6 is 0 Å². The maximum Gasteiger partial charge on any atom is 0.408 e. The number of benzene rings is 2. The lowest BCUT2D eigenvalue weighted by Crippen LogP contribution is -2.56. The Morgan fingerprint density at radius 3 is 2.19 bits per heavy atom. The molecule has 0 unspecified atom stereocenters. The normalized spacial score (nSPS) is 15.3. The van der Waals surface area contributed by atoms with Gasteiger partial charge < -0.3 is 25.0 Å². The highest BCUT2D eigenvalue weighted by Crippen LogP contribution is 2.18. The van der Waals surface area contributed by atoms with Crippen LogP contribution in [0.4, 0.5) is 10.5 Å². The third-order valence-corrected chi connectivity index (χ3v) is 5.08. The first-order valence-corrected chi connectivity index (χ1v) is 10.6. The SMILES string of the molecule is CC(C)(C)OC(=O)N[C@@H](Cc1ccc(O)cc1)C(=O)N1CCN(c2ccccc2)CC1. The van der Waals surface area contributed by atoms with Crippen molar-refractivity contribution in [2.45, 2.75) is 38.8 Å². The molecular weight excluding hydrogens is 394 g/mol. The zero-order valence-corrected chi connectivity index (χ0v) is 18.4. The largest absolute Gasteiger partial charge is 0.508 e. The van der Waals surface area contributed by atoms with Gasteiger partial charge in [0.2, 0.25) is 5.91 Å². The number of amides is 2. The molecule has 1 atom stereocenters. The first kappa shape index (κ1) is 22.5. The van der Waals surface area contributed by atoms with Crippen molar-refractivity contribution in [3.8, 4) is 5.75 Å². The average Bonchev–Trinajstić information content (AvgIpc) is 2.74. The molecule has 7 heteroatoms. The van der Waals surface area contributed by atoms with Gasteiger partial charge in [-0.15, -0.1) is 0 Å². The number of phenolic OH excluding ortho intramolecular Hbond substituents is 1. The fourth-order valence-corrected chi connectivity index (χ4v) is 3.56. The van der Waals surface area contributed by atoms with Crippen LogP contribution in [-0.4, -0.2) is 59.8 Å². The second-order valence-corrected chi connectivity index (χ2v) is 8.72. The summed E-state index contributed by atoms with van der Waals surface area (Å²) in [6.07, 6.45) is -0.301. The van der Waals surface area contributed by atoms with E-state index in [4.69, 9.17) is 4.74 Å². The minimum atomic E-state index is -0.748. The van der Waals surface area contributed by atoms with Crippen molar-refractivity contribution in [1.29, 1.82) is 0 Å². The second kappa shape index (κ2) is 9.73. The van der Waals surface area contributed by atoms with Crippen molar-refractivity contribution >= 4 is 17.7 Å². The predicted molar refractivity (Wildman–Crippen MR) is 120 cm³/mol. The van der Waals surface area contributed by atoms with Gasteiger partial charge in [0.25, 0.3) is 0 Å². The van der Waals surface area contributed by atoms with E-state index in [2.05, 4.69) is 22.3 Å². The minimum Gasteiger partial charge on any atom is -0.508 e. The maximum absolute atomic E-state index is 13.3. The minimum absolute atomic E-state index is 0.133. The molecule has 2 N–H and O–H groups in total. The number of aromatic hydroxyl groups is 1. The lowest BCUT2D eigenvalue weighted by molar-refractivity contribution is -0.133. The van der Waals surface area contributed by atoms with Crippen molar-refractivity contribution in [3.05, 3.63) is 60.2 Å². The van der Waals surface area contributed by atoms with Gasteiger partial charge in [-0.25, -0.2) is 4.79 Å². The third-order valence-electron chi connectivity index (χ3n) is 5.08. The molecule has 1 aliphatic heterocycles. The van der Waals surface area contributed by atoms with Crippen LogP contribution in [-0.2, 0) is 16.0 Å². The van der Waals surface area contributed by atoms with E-state index in [0.29, 0.717) is 19.5 Å². The number of nitrogens with zero attached hydrogens (tertiary/aromatic N) is 2. The van der Waals surface area contributed by atoms with Crippen LogP contribution in [0, 0.1) is 0 Å². The summed E-state index contributed by atoms with van der Waals surface area (Å²) in [5, 5.41) is 12.3. The monoisotopic (exact) mass is 425 g/mol. The summed E-state index contributed by atoms with van der Waals surface area (Å²) in [5.41, 5.74) is 1.33. The van der Waals surface area contributed by atoms with Gasteiger partial charge in [0, 0.05) is 38.3 Å². The van der Waals surface area contributed by atoms with E-state index >= 15 is 0 Å². The molecule has 2 aromatic rings. The summed E-state index contributed by atoms with van der Waals surface area (Å²) in [4.78, 5) is 29.7. The molecule has 1 aliphatic rings. The number of rotatable bonds is 5. The Morgan fingerprint density at radius 1 is 1.00 bits per heavy atom. The average molecular weight is 426 g/mol. The van der Waals surface area contributed by atoms with E-state index < -0.39 is 17.7 Å². The molecule has 0 aliphatic carbocycles. The molecule has 2 amide bonds. The number of para-hydroxylation sites is 1. The molecule has 0 spiro atoms. The van der Waals surface area contributed by atoms with E-state index in [1.807, 2.05) is 18.2 Å². The highest BCUT2D eigenvalue weighted by atomic mass is 16.6. The molecule has 0 radical (unpaired) electrons. The van der Waals surface area contributed by atoms with Gasteiger partial charge in [-0.05, 0) is 50.6 Å². The number of carbonyl (C=O) groups excluding carboxylic acids is 2. The number of ether oxygens (including phenoxy) is 1. The first-order chi connectivity index (χ1) is 14.7. The van der Waals surface area contributed by atoms with Crippen LogP contribution in [0.2, 0.25) is 0 Å². The summed E-state index contributed by atoms with van der Waals surface area (Å²) in [6.45, 7) is 7.97. The molecule has 166 valence electrons. The van der Waals surface area contributed by atoms with E-state index in [-0.39, 0.29) is 11.7 Å². The quantitative estimate of drug-likeness (QED) is 0.769. The summed E-state index contributed by atoms with van der Waals surface area (Å²) in [6, 6.07) is 16.0. The highest BCUT2D eigenvalue weighted by molar-refractivity contribution is 5.86. The number of hydrogen-bond acceptors (Lipinski definition) is 5. The molecule has 0 aromatic heterocycles. The van der Waals surface area contributed by atoms with Crippen LogP contribution in [0.1, 0.15) is 26.3 Å². The zero-order valence-electron chi connectivity index (χ0n) is 18.4. The Labute approximate surface area is 183 Å². The van der Waals surface area contributed by atoms with Crippen LogP contribution in [0.5, 0.6) is 5.75 Å². The standard InChI is InChI=1S/C24H31N3O4/c1-24(2,3)31-23(30)25-21(17-18-9-11-20(28)12-10-18)22(29)27-15-13-26(14-16-27)19-7-5-4-6-8-19/h4-12,21,28H,13-17H2,1-3H3,(H,25,30)/t21-/m0/s1. The van der Waals surface area contributed by atoms with E-state index in [9.17, 15) is 14.7 Å². The number of piperazine rings is 1. The second-order valence-electron chi connectivity index (χ2n) is 8.72. The van der Waals surface area contributed by atoms with Gasteiger partial charge in [0.15, 0.2) is 0 Å². The maximum atomic E-state index is 13.3. The lowest BCUT2D eigenvalue weighted by atomic mass is 10.0. The number of nitrogens with one attached hydrogen (secondary N) is 1. The predicted octanol–water partition coefficient (Wildman–Crippen LogP) is 3.18. The molecule has 3 rings (SSSR count). The first-order valence-electron chi connectivity index (χ1n) is 10.6. The number of carbonyl (C=O) groups is 2. The summed E-state index contributed by atoms with van der Waals surface area (Å²) in [5.74, 6) is 0.0235. The van der Waals surface area contributed by atoms with Crippen molar-refractivity contribution in [2.75, 3.05) is 31.1 Å². The van der Waals surface area contributed by atoms with Crippen molar-refractivity contribution in [2.24, 2.45) is 0 Å². The molecule has 0 saturated carbocycles. The van der Waals surface area contributed by atoms with Crippen LogP contribution in [0.15, 0.2) is 54.6 Å². The van der Waals surface area contributed by atoms with Crippen molar-refractivity contribution in [3.63, 3.8) is 0 Å². The Bertz CT molecular complexity index is 870. The summed E-state index contributed by atoms with van der Waals surface area (Å²) < 4.78 is 5.37. The van der Waals surface area contributed by atoms with Gasteiger partial charge in [-0.2, -0.15) is 0 Å². The van der Waals surface area contributed by atoms with Crippen LogP contribution in [0.3, 0.4) is 0 Å². The Morgan fingerprint density at radius 2 is 1.61 bits per heavy atom. The zero-order chi connectivity index (χ0) is 22.4. The molecule has 7 nitrogen and oxygen atoms in total. The van der Waals surface area contributed by atoms with Crippen molar-refractivity contribution < 1.29 is 19.4 Å². The molecular formula is C24H31N3O4. The van der Waals surface area contributed by atoms with Gasteiger partial charge in [0.1, 0.15) is 17.4 Å². The highest BCUT2D eigenvalue weighted by Gasteiger charge is 2.30. The van der Waals surface area contributed by atoms with Crippen LogP contribution in [0.25, 0.3) is 0 Å². The smallest absolute Gasteiger partial charge is 0.408 e. The van der Waals surface area contributed by atoms with Gasteiger partial charge >= 0.3 is 6.09 Å². The van der Waals surface area contributed by atoms with Crippen molar-refractivity contribution in [1.82, 2.24) is 10.2 Å². The Kier molecular flexibility index (Phi) is 7.05. The summed E-state index contributed by atoms with van der Waals surface area (Å²) in [7, 11) is 0. The number of anilines is 1. The third kappa shape index (κ3) is 6.64. The van der Waals surface area contributed by atoms with Crippen LogP contribution < -0.4 is 10.2 Å². The number of alkyl carbamates (subject to hydrolysis) is 1. The van der Waals surface area contributed by atoms with Gasteiger partial charge in [-0.1, -0.05) is 30.3 Å². The van der Waals surface area contributed by atoms with E-state index in [1.54, 1.807) is 49.9 Å². The lowest BCUT2D eigenvalue weighted by Gasteiger charge is -2.37. The molecule has 1 fully saturated rings. The van der Waals surface area contributed by atoms with Gasteiger partial charge in [0.05, 0.1) is 0 Å². The van der Waals surface area contributed by atoms with E-state index in [0.717, 1.165) is 24.3 Å². The molecule has 1 saturated heterocycles. The number of hydrogen-bond donors (Lipinski definition) is 2.